The van der Waals surface area contributed by atoms with Gasteiger partial charge in [0, 0.05) is 11.9 Å². The second kappa shape index (κ2) is 4.72. The van der Waals surface area contributed by atoms with Gasteiger partial charge in [0.15, 0.2) is 5.13 Å². The van der Waals surface area contributed by atoms with Gasteiger partial charge in [-0.1, -0.05) is 34.5 Å². The quantitative estimate of drug-likeness (QED) is 0.742. The molecule has 0 aliphatic rings. The van der Waals surface area contributed by atoms with Crippen molar-refractivity contribution in [3.63, 3.8) is 0 Å². The number of aromatic nitrogens is 2. The molecule has 2 heterocycles. The smallest absolute Gasteiger partial charge is 0.189 e. The number of pyridine rings is 1. The Bertz CT molecular complexity index is 678. The Morgan fingerprint density at radius 1 is 1.11 bits per heavy atom. The molecule has 0 fully saturated rings. The van der Waals surface area contributed by atoms with Crippen molar-refractivity contribution in [2.75, 3.05) is 5.32 Å². The van der Waals surface area contributed by atoms with E-state index in [4.69, 9.17) is 23.2 Å². The van der Waals surface area contributed by atoms with Gasteiger partial charge in [0.2, 0.25) is 0 Å². The maximum atomic E-state index is 5.96. The van der Waals surface area contributed by atoms with Crippen LogP contribution in [0.25, 0.3) is 10.3 Å². The van der Waals surface area contributed by atoms with Crippen LogP contribution in [-0.2, 0) is 0 Å². The second-order valence-electron chi connectivity index (χ2n) is 3.60. The molecule has 0 amide bonds. The first kappa shape index (κ1) is 11.7. The SMILES string of the molecule is Clc1ccc(Nc2nc3cccnc3s2)cc1Cl. The maximum Gasteiger partial charge on any atom is 0.189 e. The Morgan fingerprint density at radius 2 is 2.00 bits per heavy atom. The van der Waals surface area contributed by atoms with Crippen LogP contribution in [0.1, 0.15) is 0 Å². The zero-order valence-corrected chi connectivity index (χ0v) is 11.4. The average molecular weight is 296 g/mol. The van der Waals surface area contributed by atoms with Gasteiger partial charge in [-0.2, -0.15) is 0 Å². The molecule has 90 valence electrons. The number of anilines is 2. The molecule has 1 aromatic carbocycles. The molecule has 18 heavy (non-hydrogen) atoms. The van der Waals surface area contributed by atoms with Crippen molar-refractivity contribution in [3.8, 4) is 0 Å². The van der Waals surface area contributed by atoms with Crippen molar-refractivity contribution in [2.24, 2.45) is 0 Å². The number of nitrogens with zero attached hydrogens (tertiary/aromatic N) is 2. The number of nitrogens with one attached hydrogen (secondary N) is 1. The number of halogens is 2. The largest absolute Gasteiger partial charge is 0.331 e. The van der Waals surface area contributed by atoms with E-state index >= 15 is 0 Å². The van der Waals surface area contributed by atoms with E-state index in [0.717, 1.165) is 21.2 Å². The minimum Gasteiger partial charge on any atom is -0.331 e. The van der Waals surface area contributed by atoms with Gasteiger partial charge in [0.25, 0.3) is 0 Å². The zero-order valence-electron chi connectivity index (χ0n) is 9.02. The molecular weight excluding hydrogens is 289 g/mol. The van der Waals surface area contributed by atoms with Crippen LogP contribution in [0, 0.1) is 0 Å². The highest BCUT2D eigenvalue weighted by molar-refractivity contribution is 7.21. The zero-order chi connectivity index (χ0) is 12.5. The van der Waals surface area contributed by atoms with Crippen molar-refractivity contribution in [1.29, 1.82) is 0 Å². The maximum absolute atomic E-state index is 5.96. The number of hydrogen-bond acceptors (Lipinski definition) is 4. The number of fused-ring (bicyclic) bond motifs is 1. The van der Waals surface area contributed by atoms with Crippen molar-refractivity contribution < 1.29 is 0 Å². The van der Waals surface area contributed by atoms with Gasteiger partial charge < -0.3 is 5.32 Å². The first-order chi connectivity index (χ1) is 8.72. The molecule has 0 aliphatic carbocycles. The molecule has 0 saturated carbocycles. The highest BCUT2D eigenvalue weighted by Gasteiger charge is 2.05. The number of thiazole rings is 1. The summed E-state index contributed by atoms with van der Waals surface area (Å²) in [4.78, 5) is 9.58. The fraction of sp³-hybridized carbons (Fsp3) is 0. The third-order valence-electron chi connectivity index (χ3n) is 2.34. The van der Waals surface area contributed by atoms with Gasteiger partial charge in [0.05, 0.1) is 10.0 Å². The molecule has 0 atom stereocenters. The average Bonchev–Trinajstić information content (AvgIpc) is 2.76. The molecule has 0 spiro atoms. The summed E-state index contributed by atoms with van der Waals surface area (Å²) in [6, 6.07) is 9.17. The van der Waals surface area contributed by atoms with Crippen LogP contribution in [0.2, 0.25) is 10.0 Å². The Morgan fingerprint density at radius 3 is 2.78 bits per heavy atom. The van der Waals surface area contributed by atoms with E-state index in [1.165, 1.54) is 11.3 Å². The molecule has 0 unspecified atom stereocenters. The standard InChI is InChI=1S/C12H7Cl2N3S/c13-8-4-3-7(6-9(8)14)16-12-17-10-2-1-5-15-11(10)18-12/h1-6H,(H,16,17). The summed E-state index contributed by atoms with van der Waals surface area (Å²) in [7, 11) is 0. The van der Waals surface area contributed by atoms with Crippen LogP contribution in [0.3, 0.4) is 0 Å². The monoisotopic (exact) mass is 295 g/mol. The van der Waals surface area contributed by atoms with Gasteiger partial charge in [-0.3, -0.25) is 0 Å². The molecular formula is C12H7Cl2N3S. The lowest BCUT2D eigenvalue weighted by Gasteiger charge is -2.03. The van der Waals surface area contributed by atoms with Crippen LogP contribution in [0.4, 0.5) is 10.8 Å². The predicted molar refractivity (Wildman–Crippen MR) is 77.2 cm³/mol. The molecule has 6 heteroatoms. The minimum absolute atomic E-state index is 0.515. The lowest BCUT2D eigenvalue weighted by Crippen LogP contribution is -1.88. The van der Waals surface area contributed by atoms with E-state index in [0.29, 0.717) is 10.0 Å². The summed E-state index contributed by atoms with van der Waals surface area (Å²) in [6.07, 6.45) is 1.75. The summed E-state index contributed by atoms with van der Waals surface area (Å²) in [5, 5.41) is 5.02. The lowest BCUT2D eigenvalue weighted by molar-refractivity contribution is 1.40. The van der Waals surface area contributed by atoms with E-state index in [1.54, 1.807) is 18.3 Å². The first-order valence-corrected chi connectivity index (χ1v) is 6.73. The fourth-order valence-electron chi connectivity index (χ4n) is 1.52. The van der Waals surface area contributed by atoms with Crippen LogP contribution >= 0.6 is 34.5 Å². The summed E-state index contributed by atoms with van der Waals surface area (Å²) in [6.45, 7) is 0. The normalized spacial score (nSPS) is 10.8. The van der Waals surface area contributed by atoms with Crippen LogP contribution in [-0.4, -0.2) is 9.97 Å². The first-order valence-electron chi connectivity index (χ1n) is 5.16. The molecule has 0 saturated heterocycles. The molecule has 3 aromatic rings. The molecule has 0 bridgehead atoms. The Balaban J connectivity index is 1.93. The van der Waals surface area contributed by atoms with Crippen LogP contribution in [0.15, 0.2) is 36.5 Å². The van der Waals surface area contributed by atoms with Crippen molar-refractivity contribution in [1.82, 2.24) is 9.97 Å². The van der Waals surface area contributed by atoms with Crippen LogP contribution in [0.5, 0.6) is 0 Å². The minimum atomic E-state index is 0.515. The van der Waals surface area contributed by atoms with Crippen molar-refractivity contribution >= 4 is 55.7 Å². The Labute approximate surface area is 117 Å². The topological polar surface area (TPSA) is 37.8 Å². The fourth-order valence-corrected chi connectivity index (χ4v) is 2.65. The van der Waals surface area contributed by atoms with E-state index in [-0.39, 0.29) is 0 Å². The molecule has 2 aromatic heterocycles. The van der Waals surface area contributed by atoms with E-state index in [2.05, 4.69) is 15.3 Å². The third kappa shape index (κ3) is 2.27. The van der Waals surface area contributed by atoms with Gasteiger partial charge in [-0.15, -0.1) is 0 Å². The second-order valence-corrected chi connectivity index (χ2v) is 5.39. The van der Waals surface area contributed by atoms with Gasteiger partial charge >= 0.3 is 0 Å². The van der Waals surface area contributed by atoms with Gasteiger partial charge in [-0.25, -0.2) is 9.97 Å². The number of hydrogen-bond donors (Lipinski definition) is 1. The summed E-state index contributed by atoms with van der Waals surface area (Å²) in [5.41, 5.74) is 1.73. The molecule has 1 N–H and O–H groups in total. The highest BCUT2D eigenvalue weighted by Crippen LogP contribution is 2.30. The van der Waals surface area contributed by atoms with E-state index in [9.17, 15) is 0 Å². The van der Waals surface area contributed by atoms with Crippen LogP contribution < -0.4 is 5.32 Å². The van der Waals surface area contributed by atoms with E-state index < -0.39 is 0 Å². The Hall–Kier alpha value is -1.36. The summed E-state index contributed by atoms with van der Waals surface area (Å²) in [5.74, 6) is 0. The van der Waals surface area contributed by atoms with Gasteiger partial charge in [-0.05, 0) is 30.3 Å². The highest BCUT2D eigenvalue weighted by atomic mass is 35.5. The molecule has 3 nitrogen and oxygen atoms in total. The van der Waals surface area contributed by atoms with Crippen molar-refractivity contribution in [3.05, 3.63) is 46.6 Å². The number of rotatable bonds is 2. The number of benzene rings is 1. The van der Waals surface area contributed by atoms with Crippen molar-refractivity contribution in [2.45, 2.75) is 0 Å². The molecule has 3 rings (SSSR count). The summed E-state index contributed by atoms with van der Waals surface area (Å²) < 4.78 is 0. The molecule has 0 radical (unpaired) electrons. The predicted octanol–water partition coefficient (Wildman–Crippen LogP) is 4.74. The summed E-state index contributed by atoms with van der Waals surface area (Å²) >= 11 is 13.3. The van der Waals surface area contributed by atoms with Gasteiger partial charge in [0.1, 0.15) is 10.3 Å². The Kier molecular flexibility index (Phi) is 3.07. The third-order valence-corrected chi connectivity index (χ3v) is 3.97. The van der Waals surface area contributed by atoms with E-state index in [1.807, 2.05) is 18.2 Å². The lowest BCUT2D eigenvalue weighted by atomic mass is 10.3. The molecule has 0 aliphatic heterocycles.